The predicted molar refractivity (Wildman–Crippen MR) is 53.1 cm³/mol. The van der Waals surface area contributed by atoms with Crippen molar-refractivity contribution in [1.29, 1.82) is 0 Å². The number of hydrogen-bond acceptors (Lipinski definition) is 3. The number of hydrogen-bond donors (Lipinski definition) is 1. The molecule has 0 saturated carbocycles. The summed E-state index contributed by atoms with van der Waals surface area (Å²) in [5.74, 6) is 0. The van der Waals surface area contributed by atoms with E-state index in [1.54, 1.807) is 23.9 Å². The third kappa shape index (κ3) is 1.16. The van der Waals surface area contributed by atoms with Gasteiger partial charge in [-0.1, -0.05) is 11.8 Å². The highest BCUT2D eigenvalue weighted by Gasteiger charge is 2.06. The maximum Gasteiger partial charge on any atom is 0.263 e. The molecule has 0 atom stereocenters. The van der Waals surface area contributed by atoms with Crippen LogP contribution in [0, 0.1) is 0 Å². The lowest BCUT2D eigenvalue weighted by Gasteiger charge is -2.02. The molecular weight excluding hydrogens is 186 g/mol. The van der Waals surface area contributed by atoms with Crippen LogP contribution in [-0.4, -0.2) is 20.8 Å². The van der Waals surface area contributed by atoms with Gasteiger partial charge in [-0.15, -0.1) is 0 Å². The molecule has 0 bridgehead atoms. The monoisotopic (exact) mass is 195 g/mol. The molecule has 0 aliphatic carbocycles. The van der Waals surface area contributed by atoms with Gasteiger partial charge in [0.25, 0.3) is 5.56 Å². The fourth-order valence-electron chi connectivity index (χ4n) is 1.25. The Morgan fingerprint density at radius 2 is 2.38 bits per heavy atom. The number of fused-ring (bicyclic) bond motifs is 1. The first-order valence-corrected chi connectivity index (χ1v) is 5.04. The van der Waals surface area contributed by atoms with Crippen molar-refractivity contribution in [3.63, 3.8) is 0 Å². The zero-order valence-corrected chi connectivity index (χ0v) is 8.18. The average Bonchev–Trinajstić information content (AvgIpc) is 2.59. The Bertz CT molecular complexity index is 500. The summed E-state index contributed by atoms with van der Waals surface area (Å²) in [6.07, 6.45) is 3.62. The Morgan fingerprint density at radius 1 is 1.62 bits per heavy atom. The van der Waals surface area contributed by atoms with Crippen molar-refractivity contribution in [2.45, 2.75) is 5.16 Å². The first kappa shape index (κ1) is 8.37. The van der Waals surface area contributed by atoms with Crippen LogP contribution in [0.1, 0.15) is 0 Å². The Balaban J connectivity index is 2.92. The largest absolute Gasteiger partial charge is 0.346 e. The molecule has 5 heteroatoms. The number of rotatable bonds is 1. The van der Waals surface area contributed by atoms with Crippen LogP contribution >= 0.6 is 11.8 Å². The van der Waals surface area contributed by atoms with Crippen molar-refractivity contribution < 1.29 is 0 Å². The molecule has 2 rings (SSSR count). The summed E-state index contributed by atoms with van der Waals surface area (Å²) in [4.78, 5) is 18.9. The molecule has 2 heterocycles. The van der Waals surface area contributed by atoms with Crippen LogP contribution in [0.4, 0.5) is 0 Å². The van der Waals surface area contributed by atoms with Gasteiger partial charge < -0.3 is 4.98 Å². The van der Waals surface area contributed by atoms with Crippen molar-refractivity contribution in [1.82, 2.24) is 14.5 Å². The number of nitrogens with one attached hydrogen (secondary N) is 1. The highest BCUT2D eigenvalue weighted by Crippen LogP contribution is 2.12. The molecule has 0 radical (unpaired) electrons. The van der Waals surface area contributed by atoms with Crippen LogP contribution in [0.15, 0.2) is 22.2 Å². The van der Waals surface area contributed by atoms with E-state index in [-0.39, 0.29) is 5.56 Å². The SMILES string of the molecule is CSc1nc2[nH]ccc2c(=O)n1C. The maximum atomic E-state index is 11.7. The van der Waals surface area contributed by atoms with Gasteiger partial charge in [0, 0.05) is 13.2 Å². The van der Waals surface area contributed by atoms with E-state index in [9.17, 15) is 4.79 Å². The van der Waals surface area contributed by atoms with Crippen LogP contribution in [0.25, 0.3) is 11.0 Å². The minimum Gasteiger partial charge on any atom is -0.346 e. The van der Waals surface area contributed by atoms with Crippen LogP contribution in [0.3, 0.4) is 0 Å². The summed E-state index contributed by atoms with van der Waals surface area (Å²) in [7, 11) is 1.73. The summed E-state index contributed by atoms with van der Waals surface area (Å²) < 4.78 is 1.56. The van der Waals surface area contributed by atoms with Gasteiger partial charge in [0.2, 0.25) is 0 Å². The molecule has 68 valence electrons. The van der Waals surface area contributed by atoms with Crippen molar-refractivity contribution in [3.8, 4) is 0 Å². The van der Waals surface area contributed by atoms with E-state index in [4.69, 9.17) is 0 Å². The van der Waals surface area contributed by atoms with E-state index >= 15 is 0 Å². The number of aromatic nitrogens is 3. The first-order chi connectivity index (χ1) is 6.24. The topological polar surface area (TPSA) is 50.7 Å². The quantitative estimate of drug-likeness (QED) is 0.545. The number of thioether (sulfide) groups is 1. The summed E-state index contributed by atoms with van der Waals surface area (Å²) >= 11 is 1.46. The Hall–Kier alpha value is -1.23. The minimum atomic E-state index is -0.00407. The van der Waals surface area contributed by atoms with Gasteiger partial charge in [0.1, 0.15) is 5.65 Å². The van der Waals surface area contributed by atoms with Crippen LogP contribution in [-0.2, 0) is 7.05 Å². The standard InChI is InChI=1S/C8H9N3OS/c1-11-7(12)5-3-4-9-6(5)10-8(11)13-2/h3-4,9H,1-2H3. The fraction of sp³-hybridized carbons (Fsp3) is 0.250. The zero-order valence-electron chi connectivity index (χ0n) is 7.37. The van der Waals surface area contributed by atoms with Gasteiger partial charge in [-0.2, -0.15) is 0 Å². The Kier molecular flexibility index (Phi) is 1.88. The van der Waals surface area contributed by atoms with E-state index in [1.807, 2.05) is 6.26 Å². The van der Waals surface area contributed by atoms with Gasteiger partial charge in [0.15, 0.2) is 5.16 Å². The Morgan fingerprint density at radius 3 is 3.08 bits per heavy atom. The minimum absolute atomic E-state index is 0.00407. The highest BCUT2D eigenvalue weighted by molar-refractivity contribution is 7.98. The molecule has 2 aromatic rings. The third-order valence-corrected chi connectivity index (χ3v) is 2.67. The third-order valence-electron chi connectivity index (χ3n) is 1.94. The van der Waals surface area contributed by atoms with E-state index < -0.39 is 0 Å². The molecule has 4 nitrogen and oxygen atoms in total. The molecule has 0 saturated heterocycles. The normalized spacial score (nSPS) is 10.9. The van der Waals surface area contributed by atoms with Gasteiger partial charge >= 0.3 is 0 Å². The second kappa shape index (κ2) is 2.92. The molecule has 1 N–H and O–H groups in total. The smallest absolute Gasteiger partial charge is 0.263 e. The summed E-state index contributed by atoms with van der Waals surface area (Å²) in [6.45, 7) is 0. The molecule has 0 spiro atoms. The fourth-order valence-corrected chi connectivity index (χ4v) is 1.79. The molecule has 13 heavy (non-hydrogen) atoms. The number of H-pyrrole nitrogens is 1. The van der Waals surface area contributed by atoms with Crippen molar-refractivity contribution in [2.24, 2.45) is 7.05 Å². The predicted octanol–water partition coefficient (Wildman–Crippen LogP) is 0.983. The second-order valence-corrected chi connectivity index (χ2v) is 3.48. The van der Waals surface area contributed by atoms with Gasteiger partial charge in [-0.3, -0.25) is 9.36 Å². The molecule has 0 unspecified atom stereocenters. The van der Waals surface area contributed by atoms with E-state index in [2.05, 4.69) is 9.97 Å². The maximum absolute atomic E-state index is 11.7. The first-order valence-electron chi connectivity index (χ1n) is 3.82. The molecule has 0 aliphatic rings. The summed E-state index contributed by atoms with van der Waals surface area (Å²) in [5.41, 5.74) is 0.656. The van der Waals surface area contributed by atoms with Gasteiger partial charge in [0.05, 0.1) is 5.39 Å². The van der Waals surface area contributed by atoms with E-state index in [0.717, 1.165) is 5.16 Å². The molecule has 0 aliphatic heterocycles. The second-order valence-electron chi connectivity index (χ2n) is 2.70. The van der Waals surface area contributed by atoms with Crippen molar-refractivity contribution in [2.75, 3.05) is 6.26 Å². The summed E-state index contributed by atoms with van der Waals surface area (Å²) in [6, 6.07) is 1.74. The zero-order chi connectivity index (χ0) is 9.42. The molecule has 2 aromatic heterocycles. The van der Waals surface area contributed by atoms with Crippen molar-refractivity contribution in [3.05, 3.63) is 22.6 Å². The van der Waals surface area contributed by atoms with Crippen LogP contribution in [0.2, 0.25) is 0 Å². The molecule has 0 amide bonds. The van der Waals surface area contributed by atoms with E-state index in [0.29, 0.717) is 11.0 Å². The van der Waals surface area contributed by atoms with Gasteiger partial charge in [-0.05, 0) is 12.3 Å². The van der Waals surface area contributed by atoms with Crippen LogP contribution < -0.4 is 5.56 Å². The van der Waals surface area contributed by atoms with Gasteiger partial charge in [-0.25, -0.2) is 4.98 Å². The number of aromatic amines is 1. The molecular formula is C8H9N3OS. The lowest BCUT2D eigenvalue weighted by Crippen LogP contribution is -2.19. The molecule has 0 fully saturated rings. The van der Waals surface area contributed by atoms with E-state index in [1.165, 1.54) is 11.8 Å². The number of nitrogens with zero attached hydrogens (tertiary/aromatic N) is 2. The lowest BCUT2D eigenvalue weighted by atomic mass is 10.4. The van der Waals surface area contributed by atoms with Crippen molar-refractivity contribution >= 4 is 22.8 Å². The Labute approximate surface area is 79.0 Å². The molecule has 0 aromatic carbocycles. The highest BCUT2D eigenvalue weighted by atomic mass is 32.2. The lowest BCUT2D eigenvalue weighted by molar-refractivity contribution is 0.726. The van der Waals surface area contributed by atoms with Crippen LogP contribution in [0.5, 0.6) is 0 Å². The average molecular weight is 195 g/mol. The summed E-state index contributed by atoms with van der Waals surface area (Å²) in [5, 5.41) is 1.36.